The van der Waals surface area contributed by atoms with E-state index in [-0.39, 0.29) is 5.38 Å². The first-order valence-electron chi connectivity index (χ1n) is 4.28. The van der Waals surface area contributed by atoms with Gasteiger partial charge in [0.15, 0.2) is 5.82 Å². The average Bonchev–Trinajstić information content (AvgIpc) is 2.53. The average molecular weight is 205 g/mol. The van der Waals surface area contributed by atoms with Gasteiger partial charge < -0.3 is 9.26 Å². The quantitative estimate of drug-likeness (QED) is 0.546. The van der Waals surface area contributed by atoms with Crippen molar-refractivity contribution in [2.75, 3.05) is 6.61 Å². The van der Waals surface area contributed by atoms with Crippen LogP contribution in [0.5, 0.6) is 0 Å². The molecule has 0 radical (unpaired) electrons. The topological polar surface area (TPSA) is 48.2 Å². The molecule has 0 amide bonds. The maximum atomic E-state index is 5.75. The molecular formula is C8H13ClN2O2. The van der Waals surface area contributed by atoms with E-state index in [4.69, 9.17) is 20.9 Å². The largest absolute Gasteiger partial charge is 0.372 e. The van der Waals surface area contributed by atoms with Gasteiger partial charge in [0, 0.05) is 6.61 Å². The van der Waals surface area contributed by atoms with Gasteiger partial charge in [0.25, 0.3) is 5.89 Å². The maximum Gasteiger partial charge on any atom is 0.252 e. The molecule has 0 bridgehead atoms. The maximum absolute atomic E-state index is 5.75. The van der Waals surface area contributed by atoms with Crippen LogP contribution in [0, 0.1) is 0 Å². The predicted octanol–water partition coefficient (Wildman–Crippen LogP) is 2.30. The third kappa shape index (κ3) is 3.32. The number of halogens is 1. The Morgan fingerprint density at radius 2 is 2.38 bits per heavy atom. The van der Waals surface area contributed by atoms with Crippen LogP contribution in [0.1, 0.15) is 37.4 Å². The van der Waals surface area contributed by atoms with Crippen LogP contribution < -0.4 is 0 Å². The molecule has 13 heavy (non-hydrogen) atoms. The van der Waals surface area contributed by atoms with Crippen LogP contribution in [-0.2, 0) is 11.3 Å². The van der Waals surface area contributed by atoms with Gasteiger partial charge in [0.1, 0.15) is 6.61 Å². The van der Waals surface area contributed by atoms with Crippen molar-refractivity contribution in [1.82, 2.24) is 10.1 Å². The van der Waals surface area contributed by atoms with Crippen molar-refractivity contribution >= 4 is 11.6 Å². The first kappa shape index (κ1) is 10.5. The van der Waals surface area contributed by atoms with E-state index in [2.05, 4.69) is 10.1 Å². The summed E-state index contributed by atoms with van der Waals surface area (Å²) in [4.78, 5) is 4.05. The Bertz CT molecular complexity index is 250. The van der Waals surface area contributed by atoms with E-state index in [9.17, 15) is 0 Å². The van der Waals surface area contributed by atoms with Crippen molar-refractivity contribution in [3.8, 4) is 0 Å². The van der Waals surface area contributed by atoms with E-state index < -0.39 is 0 Å². The molecule has 0 saturated heterocycles. The zero-order chi connectivity index (χ0) is 9.68. The first-order chi connectivity index (χ1) is 6.24. The summed E-state index contributed by atoms with van der Waals surface area (Å²) in [6.45, 7) is 4.90. The molecule has 0 saturated carbocycles. The molecule has 0 aliphatic heterocycles. The monoisotopic (exact) mass is 204 g/mol. The van der Waals surface area contributed by atoms with E-state index in [1.807, 2.05) is 6.92 Å². The summed E-state index contributed by atoms with van der Waals surface area (Å²) < 4.78 is 10.1. The molecule has 1 aromatic heterocycles. The van der Waals surface area contributed by atoms with Crippen LogP contribution >= 0.6 is 11.6 Å². The Morgan fingerprint density at radius 3 is 2.92 bits per heavy atom. The highest BCUT2D eigenvalue weighted by Crippen LogP contribution is 2.15. The lowest BCUT2D eigenvalue weighted by Gasteiger charge is -1.95. The standard InChI is InChI=1S/C8H13ClN2O2/c1-3-4-12-5-7-10-8(6(2)9)11-13-7/h6H,3-5H2,1-2H3. The highest BCUT2D eigenvalue weighted by molar-refractivity contribution is 6.20. The second kappa shape index (κ2) is 5.19. The first-order valence-corrected chi connectivity index (χ1v) is 4.72. The van der Waals surface area contributed by atoms with Gasteiger partial charge in [-0.1, -0.05) is 12.1 Å². The van der Waals surface area contributed by atoms with Gasteiger partial charge in [0.2, 0.25) is 0 Å². The molecule has 0 aliphatic rings. The van der Waals surface area contributed by atoms with Crippen LogP contribution in [-0.4, -0.2) is 16.7 Å². The highest BCUT2D eigenvalue weighted by atomic mass is 35.5. The number of rotatable bonds is 5. The number of aromatic nitrogens is 2. The highest BCUT2D eigenvalue weighted by Gasteiger charge is 2.10. The molecule has 1 atom stereocenters. The number of nitrogens with zero attached hydrogens (tertiary/aromatic N) is 2. The number of ether oxygens (including phenoxy) is 1. The Hall–Kier alpha value is -0.610. The van der Waals surface area contributed by atoms with Gasteiger partial charge in [-0.25, -0.2) is 0 Å². The Labute approximate surface area is 82.2 Å². The smallest absolute Gasteiger partial charge is 0.252 e. The summed E-state index contributed by atoms with van der Waals surface area (Å²) in [5.41, 5.74) is 0. The van der Waals surface area contributed by atoms with Crippen molar-refractivity contribution < 1.29 is 9.26 Å². The van der Waals surface area contributed by atoms with E-state index in [0.717, 1.165) is 6.42 Å². The molecule has 0 fully saturated rings. The molecule has 0 aromatic carbocycles. The van der Waals surface area contributed by atoms with Crippen LogP contribution in [0.15, 0.2) is 4.52 Å². The van der Waals surface area contributed by atoms with Crippen molar-refractivity contribution in [2.24, 2.45) is 0 Å². The van der Waals surface area contributed by atoms with Crippen molar-refractivity contribution in [3.05, 3.63) is 11.7 Å². The van der Waals surface area contributed by atoms with E-state index in [1.165, 1.54) is 0 Å². The molecule has 0 N–H and O–H groups in total. The van der Waals surface area contributed by atoms with E-state index >= 15 is 0 Å². The lowest BCUT2D eigenvalue weighted by atomic mass is 10.4. The van der Waals surface area contributed by atoms with E-state index in [0.29, 0.717) is 24.9 Å². The second-order valence-electron chi connectivity index (χ2n) is 2.71. The lowest BCUT2D eigenvalue weighted by molar-refractivity contribution is 0.0981. The summed E-state index contributed by atoms with van der Waals surface area (Å²) in [6, 6.07) is 0. The van der Waals surface area contributed by atoms with Crippen LogP contribution in [0.4, 0.5) is 0 Å². The summed E-state index contributed by atoms with van der Waals surface area (Å²) >= 11 is 5.75. The Kier molecular flexibility index (Phi) is 4.18. The number of alkyl halides is 1. The zero-order valence-corrected chi connectivity index (χ0v) is 8.54. The molecule has 0 spiro atoms. The molecule has 1 unspecified atom stereocenters. The molecule has 1 heterocycles. The molecule has 74 valence electrons. The number of hydrogen-bond donors (Lipinski definition) is 0. The summed E-state index contributed by atoms with van der Waals surface area (Å²) in [6.07, 6.45) is 0.979. The predicted molar refractivity (Wildman–Crippen MR) is 48.5 cm³/mol. The molecule has 4 nitrogen and oxygen atoms in total. The normalized spacial score (nSPS) is 13.2. The third-order valence-electron chi connectivity index (χ3n) is 1.41. The van der Waals surface area contributed by atoms with Gasteiger partial charge in [-0.15, -0.1) is 11.6 Å². The van der Waals surface area contributed by atoms with E-state index in [1.54, 1.807) is 6.92 Å². The number of hydrogen-bond acceptors (Lipinski definition) is 4. The molecule has 5 heteroatoms. The van der Waals surface area contributed by atoms with Crippen molar-refractivity contribution in [3.63, 3.8) is 0 Å². The minimum Gasteiger partial charge on any atom is -0.372 e. The lowest BCUT2D eigenvalue weighted by Crippen LogP contribution is -1.94. The van der Waals surface area contributed by atoms with Gasteiger partial charge in [-0.05, 0) is 13.3 Å². The summed E-state index contributed by atoms with van der Waals surface area (Å²) in [5.74, 6) is 0.993. The third-order valence-corrected chi connectivity index (χ3v) is 1.61. The van der Waals surface area contributed by atoms with Gasteiger partial charge in [0.05, 0.1) is 5.38 Å². The van der Waals surface area contributed by atoms with Crippen molar-refractivity contribution in [1.29, 1.82) is 0 Å². The Morgan fingerprint density at radius 1 is 1.62 bits per heavy atom. The van der Waals surface area contributed by atoms with Crippen LogP contribution in [0.2, 0.25) is 0 Å². The minimum atomic E-state index is -0.219. The Balaban J connectivity index is 2.40. The summed E-state index contributed by atoms with van der Waals surface area (Å²) in [5, 5.41) is 3.48. The van der Waals surface area contributed by atoms with Gasteiger partial charge >= 0.3 is 0 Å². The fourth-order valence-electron chi connectivity index (χ4n) is 0.792. The summed E-state index contributed by atoms with van der Waals surface area (Å²) in [7, 11) is 0. The molecule has 1 aromatic rings. The van der Waals surface area contributed by atoms with Gasteiger partial charge in [-0.2, -0.15) is 4.98 Å². The molecule has 1 rings (SSSR count). The zero-order valence-electron chi connectivity index (χ0n) is 7.79. The minimum absolute atomic E-state index is 0.219. The fraction of sp³-hybridized carbons (Fsp3) is 0.750. The molecule has 0 aliphatic carbocycles. The molecular weight excluding hydrogens is 192 g/mol. The van der Waals surface area contributed by atoms with Crippen LogP contribution in [0.3, 0.4) is 0 Å². The fourth-order valence-corrected chi connectivity index (χ4v) is 0.881. The van der Waals surface area contributed by atoms with Crippen LogP contribution in [0.25, 0.3) is 0 Å². The van der Waals surface area contributed by atoms with Gasteiger partial charge in [-0.3, -0.25) is 0 Å². The second-order valence-corrected chi connectivity index (χ2v) is 3.37. The van der Waals surface area contributed by atoms with Crippen molar-refractivity contribution in [2.45, 2.75) is 32.3 Å². The SMILES string of the molecule is CCCOCc1nc(C(C)Cl)no1.